The number of hydrogen-bond acceptors (Lipinski definition) is 3. The monoisotopic (exact) mass is 324 g/mol. The van der Waals surface area contributed by atoms with Crippen LogP contribution in [0, 0.1) is 5.82 Å². The molecule has 0 atom stereocenters. The van der Waals surface area contributed by atoms with Gasteiger partial charge in [0, 0.05) is 22.1 Å². The molecule has 2 aromatic carbocycles. The number of benzene rings is 2. The van der Waals surface area contributed by atoms with Crippen molar-refractivity contribution in [3.05, 3.63) is 53.3 Å². The van der Waals surface area contributed by atoms with Crippen molar-refractivity contribution in [2.75, 3.05) is 16.8 Å². The molecule has 2 rings (SSSR count). The molecule has 1 amide bonds. The molecule has 0 fully saturated rings. The number of nitrogen functional groups attached to an aromatic ring is 1. The van der Waals surface area contributed by atoms with Gasteiger partial charge in [-0.25, -0.2) is 4.39 Å². The lowest BCUT2D eigenvalue weighted by molar-refractivity contribution is -0.115. The summed E-state index contributed by atoms with van der Waals surface area (Å²) in [5.41, 5.74) is 6.74. The van der Waals surface area contributed by atoms with Crippen LogP contribution >= 0.6 is 23.4 Å². The molecular formula is C15H14ClFN2OS. The largest absolute Gasteiger partial charge is 0.397 e. The molecule has 0 aliphatic rings. The van der Waals surface area contributed by atoms with Gasteiger partial charge in [0.1, 0.15) is 5.82 Å². The molecule has 0 aromatic heterocycles. The molecule has 0 saturated carbocycles. The lowest BCUT2D eigenvalue weighted by atomic mass is 10.2. The number of thioether (sulfide) groups is 1. The van der Waals surface area contributed by atoms with Crippen molar-refractivity contribution < 1.29 is 9.18 Å². The van der Waals surface area contributed by atoms with E-state index in [0.29, 0.717) is 28.6 Å². The van der Waals surface area contributed by atoms with Crippen molar-refractivity contribution in [1.82, 2.24) is 0 Å². The Morgan fingerprint density at radius 2 is 1.95 bits per heavy atom. The third-order valence-electron chi connectivity index (χ3n) is 2.70. The molecule has 2 aromatic rings. The molecule has 3 N–H and O–H groups in total. The van der Waals surface area contributed by atoms with Gasteiger partial charge in [0.25, 0.3) is 0 Å². The molecule has 0 saturated heterocycles. The third-order valence-corrected chi connectivity index (χ3v) is 3.95. The van der Waals surface area contributed by atoms with E-state index >= 15 is 0 Å². The first-order valence-corrected chi connectivity index (χ1v) is 7.64. The maximum atomic E-state index is 12.8. The minimum atomic E-state index is -0.270. The highest BCUT2D eigenvalue weighted by Crippen LogP contribution is 2.24. The average molecular weight is 325 g/mol. The van der Waals surface area contributed by atoms with Gasteiger partial charge in [-0.05, 0) is 42.5 Å². The standard InChI is InChI=1S/C15H14ClFN2OS/c16-10-1-6-13(18)14(9-10)19-15(20)7-8-21-12-4-2-11(17)3-5-12/h1-6,9H,7-8,18H2,(H,19,20). The van der Waals surface area contributed by atoms with Crippen LogP contribution in [-0.4, -0.2) is 11.7 Å². The molecule has 3 nitrogen and oxygen atoms in total. The van der Waals surface area contributed by atoms with Crippen LogP contribution < -0.4 is 11.1 Å². The number of nitrogens with one attached hydrogen (secondary N) is 1. The van der Waals surface area contributed by atoms with E-state index in [1.54, 1.807) is 30.3 Å². The molecule has 0 radical (unpaired) electrons. The predicted octanol–water partition coefficient (Wildman–Crippen LogP) is 4.18. The zero-order chi connectivity index (χ0) is 15.2. The first kappa shape index (κ1) is 15.7. The van der Waals surface area contributed by atoms with Crippen LogP contribution in [0.3, 0.4) is 0 Å². The van der Waals surface area contributed by atoms with Crippen molar-refractivity contribution in [2.24, 2.45) is 0 Å². The van der Waals surface area contributed by atoms with E-state index in [9.17, 15) is 9.18 Å². The molecular weight excluding hydrogens is 311 g/mol. The fraction of sp³-hybridized carbons (Fsp3) is 0.133. The molecule has 0 aliphatic heterocycles. The maximum absolute atomic E-state index is 12.8. The molecule has 110 valence electrons. The maximum Gasteiger partial charge on any atom is 0.225 e. The number of carbonyl (C=O) groups is 1. The molecule has 6 heteroatoms. The van der Waals surface area contributed by atoms with Crippen molar-refractivity contribution in [3.8, 4) is 0 Å². The number of nitrogens with two attached hydrogens (primary N) is 1. The van der Waals surface area contributed by atoms with Gasteiger partial charge in [-0.2, -0.15) is 0 Å². The van der Waals surface area contributed by atoms with E-state index in [1.165, 1.54) is 23.9 Å². The summed E-state index contributed by atoms with van der Waals surface area (Å²) in [6.07, 6.45) is 0.327. The predicted molar refractivity (Wildman–Crippen MR) is 86.2 cm³/mol. The van der Waals surface area contributed by atoms with Gasteiger partial charge in [0.05, 0.1) is 11.4 Å². The van der Waals surface area contributed by atoms with Crippen molar-refractivity contribution in [1.29, 1.82) is 0 Å². The Hall–Kier alpha value is -1.72. The Labute approximate surface area is 131 Å². The number of rotatable bonds is 5. The SMILES string of the molecule is Nc1ccc(Cl)cc1NC(=O)CCSc1ccc(F)cc1. The molecule has 0 aliphatic carbocycles. The minimum absolute atomic E-state index is 0.140. The molecule has 0 bridgehead atoms. The van der Waals surface area contributed by atoms with E-state index in [0.717, 1.165) is 4.90 Å². The van der Waals surface area contributed by atoms with Crippen molar-refractivity contribution in [3.63, 3.8) is 0 Å². The van der Waals surface area contributed by atoms with E-state index in [-0.39, 0.29) is 11.7 Å². The number of anilines is 2. The van der Waals surface area contributed by atoms with E-state index < -0.39 is 0 Å². The molecule has 0 spiro atoms. The van der Waals surface area contributed by atoms with Crippen LogP contribution in [0.1, 0.15) is 6.42 Å². The highest BCUT2D eigenvalue weighted by Gasteiger charge is 2.06. The number of hydrogen-bond donors (Lipinski definition) is 2. The first-order valence-electron chi connectivity index (χ1n) is 6.28. The summed E-state index contributed by atoms with van der Waals surface area (Å²) in [5.74, 6) is 0.185. The number of halogens is 2. The van der Waals surface area contributed by atoms with Gasteiger partial charge in [-0.1, -0.05) is 11.6 Å². The third kappa shape index (κ3) is 4.95. The fourth-order valence-electron chi connectivity index (χ4n) is 1.64. The molecule has 0 unspecified atom stereocenters. The quantitative estimate of drug-likeness (QED) is 0.640. The van der Waals surface area contributed by atoms with Gasteiger partial charge in [0.2, 0.25) is 5.91 Å². The Bertz CT molecular complexity index is 634. The summed E-state index contributed by atoms with van der Waals surface area (Å²) < 4.78 is 12.8. The van der Waals surface area contributed by atoms with Crippen LogP contribution in [0.25, 0.3) is 0 Å². The Kier molecular flexibility index (Phi) is 5.47. The summed E-state index contributed by atoms with van der Waals surface area (Å²) in [6, 6.07) is 11.1. The second-order valence-corrected chi connectivity index (χ2v) is 5.94. The summed E-state index contributed by atoms with van der Waals surface area (Å²) in [7, 11) is 0. The lowest BCUT2D eigenvalue weighted by Crippen LogP contribution is -2.13. The van der Waals surface area contributed by atoms with Crippen LogP contribution in [-0.2, 0) is 4.79 Å². The zero-order valence-electron chi connectivity index (χ0n) is 11.1. The highest BCUT2D eigenvalue weighted by atomic mass is 35.5. The summed E-state index contributed by atoms with van der Waals surface area (Å²) >= 11 is 7.35. The topological polar surface area (TPSA) is 55.1 Å². The second kappa shape index (κ2) is 7.33. The molecule has 0 heterocycles. The Morgan fingerprint density at radius 1 is 1.24 bits per heavy atom. The van der Waals surface area contributed by atoms with Gasteiger partial charge in [-0.3, -0.25) is 4.79 Å². The van der Waals surface area contributed by atoms with Gasteiger partial charge < -0.3 is 11.1 Å². The summed E-state index contributed by atoms with van der Waals surface area (Å²) in [6.45, 7) is 0. The normalized spacial score (nSPS) is 10.4. The van der Waals surface area contributed by atoms with Crippen LogP contribution in [0.5, 0.6) is 0 Å². The van der Waals surface area contributed by atoms with E-state index in [1.807, 2.05) is 0 Å². The van der Waals surface area contributed by atoms with Crippen molar-refractivity contribution in [2.45, 2.75) is 11.3 Å². The van der Waals surface area contributed by atoms with E-state index in [4.69, 9.17) is 17.3 Å². The highest BCUT2D eigenvalue weighted by molar-refractivity contribution is 7.99. The zero-order valence-corrected chi connectivity index (χ0v) is 12.7. The summed E-state index contributed by atoms with van der Waals surface area (Å²) in [4.78, 5) is 12.8. The Balaban J connectivity index is 1.82. The van der Waals surface area contributed by atoms with Gasteiger partial charge in [0.15, 0.2) is 0 Å². The average Bonchev–Trinajstić information content (AvgIpc) is 2.45. The number of carbonyl (C=O) groups excluding carboxylic acids is 1. The lowest BCUT2D eigenvalue weighted by Gasteiger charge is -2.08. The van der Waals surface area contributed by atoms with Crippen LogP contribution in [0.2, 0.25) is 5.02 Å². The second-order valence-electron chi connectivity index (χ2n) is 4.33. The minimum Gasteiger partial charge on any atom is -0.397 e. The molecule has 21 heavy (non-hydrogen) atoms. The van der Waals surface area contributed by atoms with Crippen molar-refractivity contribution >= 4 is 40.6 Å². The van der Waals surface area contributed by atoms with Crippen LogP contribution in [0.4, 0.5) is 15.8 Å². The number of amides is 1. The summed E-state index contributed by atoms with van der Waals surface area (Å²) in [5, 5.41) is 3.24. The van der Waals surface area contributed by atoms with Gasteiger partial charge in [-0.15, -0.1) is 11.8 Å². The Morgan fingerprint density at radius 3 is 2.67 bits per heavy atom. The smallest absolute Gasteiger partial charge is 0.225 e. The van der Waals surface area contributed by atoms with Crippen LogP contribution in [0.15, 0.2) is 47.4 Å². The van der Waals surface area contributed by atoms with E-state index in [2.05, 4.69) is 5.32 Å². The van der Waals surface area contributed by atoms with Gasteiger partial charge >= 0.3 is 0 Å². The fourth-order valence-corrected chi connectivity index (χ4v) is 2.67. The first-order chi connectivity index (χ1) is 10.0.